The minimum absolute atomic E-state index is 0.0499. The fourth-order valence-electron chi connectivity index (χ4n) is 5.23. The van der Waals surface area contributed by atoms with E-state index in [2.05, 4.69) is 46.3 Å². The summed E-state index contributed by atoms with van der Waals surface area (Å²) >= 11 is 0. The van der Waals surface area contributed by atoms with Crippen molar-refractivity contribution in [2.45, 2.75) is 18.4 Å². The minimum atomic E-state index is -0.0499. The second kappa shape index (κ2) is 7.63. The van der Waals surface area contributed by atoms with Crippen molar-refractivity contribution in [3.8, 4) is 11.3 Å². The zero-order valence-corrected chi connectivity index (χ0v) is 18.4. The van der Waals surface area contributed by atoms with Gasteiger partial charge in [0.2, 0.25) is 5.95 Å². The highest BCUT2D eigenvalue weighted by Gasteiger charge is 2.41. The van der Waals surface area contributed by atoms with Gasteiger partial charge in [-0.15, -0.1) is 0 Å². The Morgan fingerprint density at radius 2 is 1.76 bits per heavy atom. The first-order chi connectivity index (χ1) is 16.8. The number of piperidine rings is 1. The molecule has 34 heavy (non-hydrogen) atoms. The first kappa shape index (κ1) is 19.2. The Hall–Kier alpha value is -4.32. The van der Waals surface area contributed by atoms with Gasteiger partial charge < -0.3 is 9.32 Å². The van der Waals surface area contributed by atoms with Crippen molar-refractivity contribution in [2.75, 3.05) is 11.4 Å². The van der Waals surface area contributed by atoms with Crippen LogP contribution in [0, 0.1) is 0 Å². The fraction of sp³-hybridized carbons (Fsp3) is 0.143. The van der Waals surface area contributed by atoms with E-state index in [0.29, 0.717) is 11.9 Å². The summed E-state index contributed by atoms with van der Waals surface area (Å²) in [6, 6.07) is 22.7. The van der Waals surface area contributed by atoms with Gasteiger partial charge in [0.1, 0.15) is 5.58 Å². The van der Waals surface area contributed by atoms with Gasteiger partial charge in [-0.3, -0.25) is 9.98 Å². The lowest BCUT2D eigenvalue weighted by Gasteiger charge is -2.39. The van der Waals surface area contributed by atoms with Crippen LogP contribution < -0.4 is 4.90 Å². The zero-order chi connectivity index (χ0) is 22.5. The molecular weight excluding hydrogens is 422 g/mol. The largest absolute Gasteiger partial charge is 0.464 e. The minimum Gasteiger partial charge on any atom is -0.464 e. The number of benzene rings is 2. The van der Waals surface area contributed by atoms with Crippen LogP contribution in [0.2, 0.25) is 0 Å². The van der Waals surface area contributed by atoms with Crippen molar-refractivity contribution in [2.24, 2.45) is 4.99 Å². The average Bonchev–Trinajstić information content (AvgIpc) is 3.53. The number of furan rings is 1. The summed E-state index contributed by atoms with van der Waals surface area (Å²) in [5.74, 6) is 1.01. The van der Waals surface area contributed by atoms with Gasteiger partial charge in [0.05, 0.1) is 29.4 Å². The van der Waals surface area contributed by atoms with Crippen LogP contribution in [-0.2, 0) is 0 Å². The molecule has 3 aromatic heterocycles. The molecule has 5 heterocycles. The second-order valence-corrected chi connectivity index (χ2v) is 8.74. The molecule has 2 aromatic carbocycles. The Morgan fingerprint density at radius 3 is 2.65 bits per heavy atom. The van der Waals surface area contributed by atoms with E-state index in [0.717, 1.165) is 46.6 Å². The van der Waals surface area contributed by atoms with E-state index in [1.807, 2.05) is 42.7 Å². The van der Waals surface area contributed by atoms with Crippen LogP contribution >= 0.6 is 0 Å². The highest BCUT2D eigenvalue weighted by atomic mass is 16.3. The number of anilines is 1. The van der Waals surface area contributed by atoms with E-state index in [1.54, 1.807) is 12.5 Å². The Morgan fingerprint density at radius 1 is 0.882 bits per heavy atom. The Balaban J connectivity index is 1.33. The number of fused-ring (bicyclic) bond motifs is 4. The molecule has 2 atom stereocenters. The summed E-state index contributed by atoms with van der Waals surface area (Å²) in [6.45, 7) is 0.842. The zero-order valence-electron chi connectivity index (χ0n) is 18.4. The molecular formula is C28H21N5O. The monoisotopic (exact) mass is 443 g/mol. The molecule has 7 rings (SSSR count). The van der Waals surface area contributed by atoms with Crippen molar-refractivity contribution >= 4 is 28.3 Å². The Bertz CT molecular complexity index is 1520. The quantitative estimate of drug-likeness (QED) is 0.337. The number of hydrogen-bond donors (Lipinski definition) is 0. The van der Waals surface area contributed by atoms with Gasteiger partial charge in [-0.05, 0) is 53.9 Å². The average molecular weight is 444 g/mol. The van der Waals surface area contributed by atoms with Crippen LogP contribution in [0.1, 0.15) is 29.5 Å². The van der Waals surface area contributed by atoms with E-state index >= 15 is 0 Å². The Labute approximate surface area is 196 Å². The van der Waals surface area contributed by atoms with Gasteiger partial charge in [-0.2, -0.15) is 0 Å². The fourth-order valence-corrected chi connectivity index (χ4v) is 5.23. The van der Waals surface area contributed by atoms with Gasteiger partial charge in [0, 0.05) is 42.0 Å². The molecule has 164 valence electrons. The van der Waals surface area contributed by atoms with Gasteiger partial charge >= 0.3 is 0 Å². The smallest absolute Gasteiger partial charge is 0.226 e. The molecule has 1 fully saturated rings. The highest BCUT2D eigenvalue weighted by Crippen LogP contribution is 2.47. The normalized spacial score (nSPS) is 19.1. The first-order valence-electron chi connectivity index (χ1n) is 11.5. The van der Waals surface area contributed by atoms with Crippen LogP contribution in [0.4, 0.5) is 11.6 Å². The third-order valence-corrected chi connectivity index (χ3v) is 6.82. The number of hydrogen-bond acceptors (Lipinski definition) is 6. The summed E-state index contributed by atoms with van der Waals surface area (Å²) in [5, 5.41) is 1.09. The maximum atomic E-state index is 5.59. The molecule has 1 saturated heterocycles. The molecule has 6 nitrogen and oxygen atoms in total. The van der Waals surface area contributed by atoms with Gasteiger partial charge in [-0.1, -0.05) is 30.3 Å². The molecule has 0 aliphatic carbocycles. The maximum absolute atomic E-state index is 5.59. The van der Waals surface area contributed by atoms with Crippen LogP contribution in [0.15, 0.2) is 101 Å². The van der Waals surface area contributed by atoms with Crippen LogP contribution in [-0.4, -0.2) is 27.2 Å². The van der Waals surface area contributed by atoms with E-state index in [9.17, 15) is 0 Å². The number of aromatic nitrogens is 3. The van der Waals surface area contributed by atoms with Crippen molar-refractivity contribution in [3.63, 3.8) is 0 Å². The standard InChI is InChI=1S/C28H21N5O/c1-2-7-24-21(5-1)22-10-13-33(28-30-16-20(17-31-28)23-6-3-4-12-29-23)27(26(22)32-24)19-8-9-25-18(15-19)11-14-34-25/h1-9,11-12,14-17,22,27H,10,13H2. The summed E-state index contributed by atoms with van der Waals surface area (Å²) in [5.41, 5.74) is 7.38. The lowest BCUT2D eigenvalue weighted by molar-refractivity contribution is 0.604. The van der Waals surface area contributed by atoms with Crippen molar-refractivity contribution in [3.05, 3.63) is 103 Å². The molecule has 0 N–H and O–H groups in total. The molecule has 0 amide bonds. The molecule has 0 spiro atoms. The molecule has 2 aliphatic heterocycles. The highest BCUT2D eigenvalue weighted by molar-refractivity contribution is 6.05. The molecule has 5 aromatic rings. The topological polar surface area (TPSA) is 67.4 Å². The van der Waals surface area contributed by atoms with Gasteiger partial charge in [0.25, 0.3) is 0 Å². The molecule has 0 saturated carbocycles. The summed E-state index contributed by atoms with van der Waals surface area (Å²) < 4.78 is 5.59. The first-order valence-corrected chi connectivity index (χ1v) is 11.5. The number of para-hydroxylation sites is 1. The van der Waals surface area contributed by atoms with E-state index < -0.39 is 0 Å². The predicted molar refractivity (Wildman–Crippen MR) is 132 cm³/mol. The second-order valence-electron chi connectivity index (χ2n) is 8.74. The SMILES string of the molecule is c1ccc(-c2cnc(N3CCC4C(=Nc5ccccc54)C3c3ccc4occc4c3)nc2)nc1. The van der Waals surface area contributed by atoms with Crippen LogP contribution in [0.25, 0.3) is 22.2 Å². The maximum Gasteiger partial charge on any atom is 0.226 e. The predicted octanol–water partition coefficient (Wildman–Crippen LogP) is 6.11. The molecule has 6 heteroatoms. The molecule has 2 aliphatic rings. The van der Waals surface area contributed by atoms with Crippen molar-refractivity contribution in [1.82, 2.24) is 15.0 Å². The van der Waals surface area contributed by atoms with Gasteiger partial charge in [0.15, 0.2) is 0 Å². The van der Waals surface area contributed by atoms with E-state index in [-0.39, 0.29) is 6.04 Å². The summed E-state index contributed by atoms with van der Waals surface area (Å²) in [4.78, 5) is 21.4. The summed E-state index contributed by atoms with van der Waals surface area (Å²) in [7, 11) is 0. The number of pyridine rings is 1. The lowest BCUT2D eigenvalue weighted by atomic mass is 9.82. The van der Waals surface area contributed by atoms with Crippen molar-refractivity contribution < 1.29 is 4.42 Å². The number of rotatable bonds is 3. The summed E-state index contributed by atoms with van der Waals surface area (Å²) in [6.07, 6.45) is 8.21. The third-order valence-electron chi connectivity index (χ3n) is 6.82. The van der Waals surface area contributed by atoms with E-state index in [1.165, 1.54) is 11.1 Å². The van der Waals surface area contributed by atoms with Crippen LogP contribution in [0.5, 0.6) is 0 Å². The third kappa shape index (κ3) is 3.03. The molecule has 2 unspecified atom stereocenters. The Kier molecular flexibility index (Phi) is 4.30. The molecule has 0 bridgehead atoms. The number of nitrogens with zero attached hydrogens (tertiary/aromatic N) is 5. The van der Waals surface area contributed by atoms with Gasteiger partial charge in [-0.25, -0.2) is 9.97 Å². The van der Waals surface area contributed by atoms with Crippen molar-refractivity contribution in [1.29, 1.82) is 0 Å². The lowest BCUT2D eigenvalue weighted by Crippen LogP contribution is -2.43. The van der Waals surface area contributed by atoms with E-state index in [4.69, 9.17) is 19.4 Å². The molecule has 0 radical (unpaired) electrons. The number of aliphatic imine (C=N–C) groups is 1. The van der Waals surface area contributed by atoms with Crippen LogP contribution in [0.3, 0.4) is 0 Å².